The maximum Gasteiger partial charge on any atom is 0.230 e. The molecule has 0 atom stereocenters. The van der Waals surface area contributed by atoms with Crippen LogP contribution >= 0.6 is 0 Å². The first kappa shape index (κ1) is 21.1. The highest BCUT2D eigenvalue weighted by molar-refractivity contribution is 5.96. The Morgan fingerprint density at radius 1 is 0.900 bits per heavy atom. The molecule has 1 amide bonds. The number of likely N-dealkylation sites (tertiary alicyclic amines) is 1. The Morgan fingerprint density at radius 3 is 2.27 bits per heavy atom. The Labute approximate surface area is 182 Å². The van der Waals surface area contributed by atoms with Gasteiger partial charge in [0.05, 0.1) is 0 Å². The Kier molecular flexibility index (Phi) is 7.22. The highest BCUT2D eigenvalue weighted by atomic mass is 16.2. The summed E-state index contributed by atoms with van der Waals surface area (Å²) in [5.41, 5.74) is 3.76. The molecule has 2 aromatic carbocycles. The van der Waals surface area contributed by atoms with E-state index in [4.69, 9.17) is 0 Å². The summed E-state index contributed by atoms with van der Waals surface area (Å²) in [6, 6.07) is 19.5. The van der Waals surface area contributed by atoms with Gasteiger partial charge in [0, 0.05) is 37.3 Å². The molecule has 0 N–H and O–H groups in total. The van der Waals surface area contributed by atoms with Crippen LogP contribution in [0.5, 0.6) is 0 Å². The molecule has 2 aliphatic rings. The largest absolute Gasteiger partial charge is 0.309 e. The van der Waals surface area contributed by atoms with E-state index in [1.54, 1.807) is 0 Å². The Balaban J connectivity index is 1.42. The van der Waals surface area contributed by atoms with E-state index in [1.165, 1.54) is 30.4 Å². The van der Waals surface area contributed by atoms with Gasteiger partial charge in [-0.2, -0.15) is 0 Å². The first-order chi connectivity index (χ1) is 14.7. The zero-order valence-electron chi connectivity index (χ0n) is 18.4. The monoisotopic (exact) mass is 404 g/mol. The Bertz CT molecular complexity index is 805. The van der Waals surface area contributed by atoms with Gasteiger partial charge in [-0.05, 0) is 56.2 Å². The highest BCUT2D eigenvalue weighted by Crippen LogP contribution is 2.32. The average Bonchev–Trinajstić information content (AvgIpc) is 2.81. The third kappa shape index (κ3) is 5.13. The van der Waals surface area contributed by atoms with Crippen molar-refractivity contribution in [2.75, 3.05) is 24.5 Å². The molecule has 0 bridgehead atoms. The third-order valence-corrected chi connectivity index (χ3v) is 7.05. The number of rotatable bonds is 6. The summed E-state index contributed by atoms with van der Waals surface area (Å²) in [5, 5.41) is 0. The number of anilines is 1. The van der Waals surface area contributed by atoms with E-state index in [2.05, 4.69) is 71.3 Å². The van der Waals surface area contributed by atoms with Crippen molar-refractivity contribution in [2.24, 2.45) is 5.92 Å². The molecule has 1 aliphatic carbocycles. The zero-order valence-corrected chi connectivity index (χ0v) is 18.4. The molecule has 1 saturated carbocycles. The molecule has 0 spiro atoms. The lowest BCUT2D eigenvalue weighted by molar-refractivity contribution is -0.124. The van der Waals surface area contributed by atoms with Gasteiger partial charge < -0.3 is 9.80 Å². The second kappa shape index (κ2) is 10.3. The van der Waals surface area contributed by atoms with Gasteiger partial charge in [-0.3, -0.25) is 4.79 Å². The van der Waals surface area contributed by atoms with Gasteiger partial charge in [0.25, 0.3) is 0 Å². The number of carbonyl (C=O) groups is 1. The molecule has 3 nitrogen and oxygen atoms in total. The van der Waals surface area contributed by atoms with Gasteiger partial charge in [0.1, 0.15) is 0 Å². The van der Waals surface area contributed by atoms with Crippen molar-refractivity contribution in [1.29, 1.82) is 0 Å². The standard InChI is InChI=1S/C27H36N2O/c1-22-10-8-9-15-26(22)29(27(30)24-13-6-3-7-14-24)25-17-20-28(21-18-25)19-16-23-11-4-2-5-12-23/h2,4-5,8-12,15,24-25H,3,6-7,13-14,16-21H2,1H3. The van der Waals surface area contributed by atoms with E-state index >= 15 is 0 Å². The van der Waals surface area contributed by atoms with Crippen LogP contribution in [-0.4, -0.2) is 36.5 Å². The third-order valence-electron chi connectivity index (χ3n) is 7.05. The first-order valence-electron chi connectivity index (χ1n) is 11.9. The number of benzene rings is 2. The number of amides is 1. The van der Waals surface area contributed by atoms with Crippen molar-refractivity contribution >= 4 is 11.6 Å². The second-order valence-electron chi connectivity index (χ2n) is 9.14. The van der Waals surface area contributed by atoms with Crippen LogP contribution in [0.15, 0.2) is 54.6 Å². The first-order valence-corrected chi connectivity index (χ1v) is 11.9. The van der Waals surface area contributed by atoms with E-state index in [1.807, 2.05) is 0 Å². The van der Waals surface area contributed by atoms with Crippen LogP contribution in [0, 0.1) is 12.8 Å². The molecule has 1 saturated heterocycles. The maximum atomic E-state index is 13.7. The van der Waals surface area contributed by atoms with Crippen LogP contribution in [0.3, 0.4) is 0 Å². The fourth-order valence-electron chi connectivity index (χ4n) is 5.21. The highest BCUT2D eigenvalue weighted by Gasteiger charge is 2.34. The molecule has 160 valence electrons. The second-order valence-corrected chi connectivity index (χ2v) is 9.14. The van der Waals surface area contributed by atoms with Gasteiger partial charge in [-0.25, -0.2) is 0 Å². The van der Waals surface area contributed by atoms with E-state index in [9.17, 15) is 4.79 Å². The molecular weight excluding hydrogens is 368 g/mol. The zero-order chi connectivity index (χ0) is 20.8. The lowest BCUT2D eigenvalue weighted by atomic mass is 9.87. The fourth-order valence-corrected chi connectivity index (χ4v) is 5.21. The van der Waals surface area contributed by atoms with Crippen molar-refractivity contribution in [3.63, 3.8) is 0 Å². The summed E-state index contributed by atoms with van der Waals surface area (Å²) in [5.74, 6) is 0.598. The van der Waals surface area contributed by atoms with Crippen LogP contribution in [-0.2, 0) is 11.2 Å². The normalized spacial score (nSPS) is 19.0. The minimum absolute atomic E-state index is 0.217. The summed E-state index contributed by atoms with van der Waals surface area (Å²) in [6.45, 7) is 5.42. The topological polar surface area (TPSA) is 23.6 Å². The molecule has 0 unspecified atom stereocenters. The predicted octanol–water partition coefficient (Wildman–Crippen LogP) is 5.62. The van der Waals surface area contributed by atoms with Crippen LogP contribution in [0.4, 0.5) is 5.69 Å². The Morgan fingerprint density at radius 2 is 1.57 bits per heavy atom. The van der Waals surface area contributed by atoms with Crippen molar-refractivity contribution in [3.8, 4) is 0 Å². The molecule has 3 heteroatoms. The number of hydrogen-bond acceptors (Lipinski definition) is 2. The molecular formula is C27H36N2O. The van der Waals surface area contributed by atoms with Crippen LogP contribution < -0.4 is 4.90 Å². The summed E-state index contributed by atoms with van der Waals surface area (Å²) < 4.78 is 0. The minimum atomic E-state index is 0.217. The van der Waals surface area contributed by atoms with Crippen molar-refractivity contribution in [3.05, 3.63) is 65.7 Å². The van der Waals surface area contributed by atoms with E-state index in [0.717, 1.165) is 57.4 Å². The smallest absolute Gasteiger partial charge is 0.230 e. The van der Waals surface area contributed by atoms with Gasteiger partial charge in [-0.15, -0.1) is 0 Å². The number of hydrogen-bond donors (Lipinski definition) is 0. The van der Waals surface area contributed by atoms with Gasteiger partial charge >= 0.3 is 0 Å². The van der Waals surface area contributed by atoms with Gasteiger partial charge in [0.15, 0.2) is 0 Å². The average molecular weight is 405 g/mol. The lowest BCUT2D eigenvalue weighted by Gasteiger charge is -2.41. The Hall–Kier alpha value is -2.13. The minimum Gasteiger partial charge on any atom is -0.309 e. The number of piperidine rings is 1. The molecule has 30 heavy (non-hydrogen) atoms. The molecule has 0 radical (unpaired) electrons. The summed E-state index contributed by atoms with van der Waals surface area (Å²) in [6.07, 6.45) is 9.07. The summed E-state index contributed by atoms with van der Waals surface area (Å²) in [4.78, 5) is 18.4. The van der Waals surface area contributed by atoms with E-state index in [0.29, 0.717) is 11.9 Å². The quantitative estimate of drug-likeness (QED) is 0.624. The predicted molar refractivity (Wildman–Crippen MR) is 125 cm³/mol. The summed E-state index contributed by atoms with van der Waals surface area (Å²) in [7, 11) is 0. The fraction of sp³-hybridized carbons (Fsp3) is 0.519. The van der Waals surface area contributed by atoms with Crippen LogP contribution in [0.1, 0.15) is 56.1 Å². The molecule has 1 heterocycles. The summed E-state index contributed by atoms with van der Waals surface area (Å²) >= 11 is 0. The molecule has 4 rings (SSSR count). The van der Waals surface area contributed by atoms with E-state index < -0.39 is 0 Å². The molecule has 2 aromatic rings. The van der Waals surface area contributed by atoms with Crippen LogP contribution in [0.25, 0.3) is 0 Å². The van der Waals surface area contributed by atoms with E-state index in [-0.39, 0.29) is 5.92 Å². The lowest BCUT2D eigenvalue weighted by Crippen LogP contribution is -2.50. The number of nitrogens with zero attached hydrogens (tertiary/aromatic N) is 2. The maximum absolute atomic E-state index is 13.7. The number of para-hydroxylation sites is 1. The molecule has 2 fully saturated rings. The van der Waals surface area contributed by atoms with Gasteiger partial charge in [-0.1, -0.05) is 67.8 Å². The molecule has 0 aromatic heterocycles. The SMILES string of the molecule is Cc1ccccc1N(C(=O)C1CCCCC1)C1CCN(CCc2ccccc2)CC1. The number of aryl methyl sites for hydroxylation is 1. The molecule has 1 aliphatic heterocycles. The van der Waals surface area contributed by atoms with Crippen molar-refractivity contribution < 1.29 is 4.79 Å². The van der Waals surface area contributed by atoms with Crippen molar-refractivity contribution in [1.82, 2.24) is 4.90 Å². The van der Waals surface area contributed by atoms with Crippen molar-refractivity contribution in [2.45, 2.75) is 64.3 Å². The van der Waals surface area contributed by atoms with Gasteiger partial charge in [0.2, 0.25) is 5.91 Å². The van der Waals surface area contributed by atoms with Crippen LogP contribution in [0.2, 0.25) is 0 Å². The number of carbonyl (C=O) groups excluding carboxylic acids is 1.